The summed E-state index contributed by atoms with van der Waals surface area (Å²) in [5.41, 5.74) is 7.05. The minimum absolute atomic E-state index is 0.180. The number of benzene rings is 2. The molecule has 0 saturated heterocycles. The second-order valence-corrected chi connectivity index (χ2v) is 6.43. The number of rotatable bonds is 7. The van der Waals surface area contributed by atoms with E-state index in [-0.39, 0.29) is 6.61 Å². The minimum atomic E-state index is 0.180. The lowest BCUT2D eigenvalue weighted by atomic mass is 10.0. The Morgan fingerprint density at radius 2 is 1.68 bits per heavy atom. The zero-order chi connectivity index (χ0) is 17.6. The van der Waals surface area contributed by atoms with Gasteiger partial charge in [0.2, 0.25) is 0 Å². The third kappa shape index (κ3) is 3.83. The van der Waals surface area contributed by atoms with Crippen molar-refractivity contribution in [3.8, 4) is 16.8 Å². The molecule has 2 aromatic carbocycles. The van der Waals surface area contributed by atoms with Crippen molar-refractivity contribution >= 4 is 0 Å². The van der Waals surface area contributed by atoms with Crippen molar-refractivity contribution < 1.29 is 5.11 Å². The van der Waals surface area contributed by atoms with Crippen LogP contribution in [0.25, 0.3) is 16.8 Å². The van der Waals surface area contributed by atoms with Crippen molar-refractivity contribution in [3.63, 3.8) is 0 Å². The first-order valence-electron chi connectivity index (χ1n) is 9.08. The number of aryl methyl sites for hydroxylation is 1. The van der Waals surface area contributed by atoms with Crippen molar-refractivity contribution in [2.24, 2.45) is 0 Å². The molecule has 0 spiro atoms. The van der Waals surface area contributed by atoms with Gasteiger partial charge in [-0.25, -0.2) is 4.68 Å². The summed E-state index contributed by atoms with van der Waals surface area (Å²) in [5, 5.41) is 14.0. The average molecular weight is 334 g/mol. The molecule has 0 aliphatic rings. The molecule has 3 nitrogen and oxygen atoms in total. The van der Waals surface area contributed by atoms with Gasteiger partial charge in [0, 0.05) is 17.9 Å². The molecule has 0 radical (unpaired) electrons. The molecule has 3 rings (SSSR count). The SMILES string of the molecule is CCCCc1nn(-c2ccc(CCO)cc2)c(C)c1-c1ccccc1. The van der Waals surface area contributed by atoms with Gasteiger partial charge < -0.3 is 5.11 Å². The van der Waals surface area contributed by atoms with Gasteiger partial charge in [0.15, 0.2) is 0 Å². The number of aliphatic hydroxyl groups is 1. The Hall–Kier alpha value is -2.39. The molecule has 1 aromatic heterocycles. The van der Waals surface area contributed by atoms with E-state index in [9.17, 15) is 0 Å². The predicted octanol–water partition coefficient (Wildman–Crippen LogP) is 4.73. The van der Waals surface area contributed by atoms with Gasteiger partial charge in [-0.05, 0) is 49.4 Å². The highest BCUT2D eigenvalue weighted by Gasteiger charge is 2.16. The first-order valence-corrected chi connectivity index (χ1v) is 9.08. The first-order chi connectivity index (χ1) is 12.2. The van der Waals surface area contributed by atoms with Gasteiger partial charge in [-0.2, -0.15) is 5.10 Å². The second-order valence-electron chi connectivity index (χ2n) is 6.43. The zero-order valence-electron chi connectivity index (χ0n) is 15.1. The molecule has 25 heavy (non-hydrogen) atoms. The Balaban J connectivity index is 2.04. The van der Waals surface area contributed by atoms with E-state index in [4.69, 9.17) is 10.2 Å². The van der Waals surface area contributed by atoms with Crippen molar-refractivity contribution in [2.75, 3.05) is 6.61 Å². The van der Waals surface area contributed by atoms with Gasteiger partial charge in [-0.15, -0.1) is 0 Å². The highest BCUT2D eigenvalue weighted by molar-refractivity contribution is 5.69. The van der Waals surface area contributed by atoms with E-state index in [0.717, 1.165) is 30.5 Å². The lowest BCUT2D eigenvalue weighted by molar-refractivity contribution is 0.299. The van der Waals surface area contributed by atoms with Crippen molar-refractivity contribution in [1.29, 1.82) is 0 Å². The molecule has 1 heterocycles. The summed E-state index contributed by atoms with van der Waals surface area (Å²) < 4.78 is 2.05. The molecule has 0 aliphatic carbocycles. The topological polar surface area (TPSA) is 38.0 Å². The summed E-state index contributed by atoms with van der Waals surface area (Å²) in [5.74, 6) is 0. The molecular weight excluding hydrogens is 308 g/mol. The summed E-state index contributed by atoms with van der Waals surface area (Å²) in [6.45, 7) is 4.54. The largest absolute Gasteiger partial charge is 0.396 e. The molecular formula is C22H26N2O. The zero-order valence-corrected chi connectivity index (χ0v) is 15.1. The average Bonchev–Trinajstić information content (AvgIpc) is 2.98. The van der Waals surface area contributed by atoms with E-state index < -0.39 is 0 Å². The number of aliphatic hydroxyl groups excluding tert-OH is 1. The number of hydrogen-bond donors (Lipinski definition) is 1. The van der Waals surface area contributed by atoms with Crippen LogP contribution in [0.3, 0.4) is 0 Å². The Labute approximate surface area is 150 Å². The Bertz CT molecular complexity index is 804. The van der Waals surface area contributed by atoms with E-state index in [1.54, 1.807) is 0 Å². The highest BCUT2D eigenvalue weighted by Crippen LogP contribution is 2.30. The maximum atomic E-state index is 9.08. The van der Waals surface area contributed by atoms with Crippen molar-refractivity contribution in [2.45, 2.75) is 39.5 Å². The Morgan fingerprint density at radius 3 is 2.32 bits per heavy atom. The van der Waals surface area contributed by atoms with Crippen LogP contribution in [-0.4, -0.2) is 21.5 Å². The van der Waals surface area contributed by atoms with E-state index in [1.807, 2.05) is 0 Å². The number of nitrogens with zero attached hydrogens (tertiary/aromatic N) is 2. The fraction of sp³-hybridized carbons (Fsp3) is 0.318. The normalized spacial score (nSPS) is 11.0. The van der Waals surface area contributed by atoms with E-state index in [1.165, 1.54) is 22.5 Å². The number of unbranched alkanes of at least 4 members (excludes halogenated alkanes) is 1. The molecule has 0 saturated carbocycles. The molecule has 0 bridgehead atoms. The smallest absolute Gasteiger partial charge is 0.0710 e. The fourth-order valence-corrected chi connectivity index (χ4v) is 3.24. The maximum Gasteiger partial charge on any atom is 0.0710 e. The fourth-order valence-electron chi connectivity index (χ4n) is 3.24. The van der Waals surface area contributed by atoms with E-state index >= 15 is 0 Å². The Morgan fingerprint density at radius 1 is 0.960 bits per heavy atom. The molecule has 3 aromatic rings. The minimum Gasteiger partial charge on any atom is -0.396 e. The van der Waals surface area contributed by atoms with Gasteiger partial charge in [-0.1, -0.05) is 55.8 Å². The molecule has 0 amide bonds. The van der Waals surface area contributed by atoms with Crippen LogP contribution in [0.5, 0.6) is 0 Å². The lowest BCUT2D eigenvalue weighted by Crippen LogP contribution is -2.00. The van der Waals surface area contributed by atoms with Crippen molar-refractivity contribution in [3.05, 3.63) is 71.5 Å². The molecule has 0 fully saturated rings. The summed E-state index contributed by atoms with van der Waals surface area (Å²) in [4.78, 5) is 0. The van der Waals surface area contributed by atoms with Gasteiger partial charge in [0.25, 0.3) is 0 Å². The molecule has 0 unspecified atom stereocenters. The monoisotopic (exact) mass is 334 g/mol. The van der Waals surface area contributed by atoms with Gasteiger partial charge in [-0.3, -0.25) is 0 Å². The third-order valence-electron chi connectivity index (χ3n) is 4.60. The predicted molar refractivity (Wildman–Crippen MR) is 103 cm³/mol. The molecule has 130 valence electrons. The van der Waals surface area contributed by atoms with Crippen LogP contribution in [0.1, 0.15) is 36.7 Å². The van der Waals surface area contributed by atoms with E-state index in [0.29, 0.717) is 6.42 Å². The number of aromatic nitrogens is 2. The standard InChI is InChI=1S/C22H26N2O/c1-3-4-10-21-22(19-8-6-5-7-9-19)17(2)24(23-21)20-13-11-18(12-14-20)15-16-25/h5-9,11-14,25H,3-4,10,15-16H2,1-2H3. The van der Waals surface area contributed by atoms with Crippen LogP contribution in [0.2, 0.25) is 0 Å². The van der Waals surface area contributed by atoms with Crippen molar-refractivity contribution in [1.82, 2.24) is 9.78 Å². The van der Waals surface area contributed by atoms with Crippen LogP contribution in [0.15, 0.2) is 54.6 Å². The van der Waals surface area contributed by atoms with Crippen LogP contribution in [-0.2, 0) is 12.8 Å². The molecule has 0 aliphatic heterocycles. The van der Waals surface area contributed by atoms with Gasteiger partial charge in [0.1, 0.15) is 0 Å². The second kappa shape index (κ2) is 8.13. The first kappa shape index (κ1) is 17.4. The summed E-state index contributed by atoms with van der Waals surface area (Å²) in [6.07, 6.45) is 3.99. The summed E-state index contributed by atoms with van der Waals surface area (Å²) in [7, 11) is 0. The molecule has 1 N–H and O–H groups in total. The van der Waals surface area contributed by atoms with Gasteiger partial charge in [0.05, 0.1) is 11.4 Å². The van der Waals surface area contributed by atoms with Gasteiger partial charge >= 0.3 is 0 Å². The van der Waals surface area contributed by atoms with Crippen LogP contribution < -0.4 is 0 Å². The quantitative estimate of drug-likeness (QED) is 0.678. The van der Waals surface area contributed by atoms with Crippen LogP contribution in [0.4, 0.5) is 0 Å². The molecule has 0 atom stereocenters. The van der Waals surface area contributed by atoms with Crippen LogP contribution in [0, 0.1) is 6.92 Å². The Kier molecular flexibility index (Phi) is 5.67. The van der Waals surface area contributed by atoms with E-state index in [2.05, 4.69) is 73.1 Å². The highest BCUT2D eigenvalue weighted by atomic mass is 16.2. The summed E-state index contributed by atoms with van der Waals surface area (Å²) in [6, 6.07) is 18.9. The molecule has 3 heteroatoms. The maximum absolute atomic E-state index is 9.08. The van der Waals surface area contributed by atoms with Crippen LogP contribution >= 0.6 is 0 Å². The summed E-state index contributed by atoms with van der Waals surface area (Å²) >= 11 is 0. The number of hydrogen-bond acceptors (Lipinski definition) is 2. The third-order valence-corrected chi connectivity index (χ3v) is 4.60. The lowest BCUT2D eigenvalue weighted by Gasteiger charge is -2.07.